The van der Waals surface area contributed by atoms with Gasteiger partial charge in [0.2, 0.25) is 0 Å². The lowest BCUT2D eigenvalue weighted by Gasteiger charge is -2.04. The van der Waals surface area contributed by atoms with Gasteiger partial charge in [-0.15, -0.1) is 5.10 Å². The lowest BCUT2D eigenvalue weighted by Crippen LogP contribution is -2.14. The van der Waals surface area contributed by atoms with Gasteiger partial charge in [-0.05, 0) is 54.8 Å². The molecule has 0 aliphatic rings. The summed E-state index contributed by atoms with van der Waals surface area (Å²) in [5.74, 6) is 0.935. The van der Waals surface area contributed by atoms with Gasteiger partial charge >= 0.3 is 0 Å². The molecule has 7 heteroatoms. The van der Waals surface area contributed by atoms with Crippen molar-refractivity contribution in [1.82, 2.24) is 14.8 Å². The van der Waals surface area contributed by atoms with E-state index in [-0.39, 0.29) is 5.91 Å². The van der Waals surface area contributed by atoms with Crippen molar-refractivity contribution in [2.75, 3.05) is 13.4 Å². The molecule has 1 heterocycles. The van der Waals surface area contributed by atoms with Crippen LogP contribution >= 0.6 is 23.4 Å². The van der Waals surface area contributed by atoms with Gasteiger partial charge in [-0.25, -0.2) is 4.98 Å². The molecule has 5 nitrogen and oxygen atoms in total. The molecule has 0 aliphatic heterocycles. The molecule has 0 radical (unpaired) electrons. The van der Waals surface area contributed by atoms with Crippen molar-refractivity contribution in [3.05, 3.63) is 59.1 Å². The normalized spacial score (nSPS) is 10.6. The topological polar surface area (TPSA) is 57.0 Å². The Bertz CT molecular complexity index is 861. The summed E-state index contributed by atoms with van der Waals surface area (Å²) in [5, 5.41) is 5.53. The molecule has 0 atom stereocenters. The van der Waals surface area contributed by atoms with Crippen LogP contribution in [0.15, 0.2) is 53.7 Å². The maximum Gasteiger partial charge on any atom is 0.280 e. The minimum atomic E-state index is -0.241. The summed E-state index contributed by atoms with van der Waals surface area (Å²) in [7, 11) is 1.58. The predicted octanol–water partition coefficient (Wildman–Crippen LogP) is 4.02. The third-order valence-corrected chi connectivity index (χ3v) is 4.27. The molecule has 0 amide bonds. The van der Waals surface area contributed by atoms with E-state index in [9.17, 15) is 4.79 Å². The lowest BCUT2D eigenvalue weighted by atomic mass is 10.2. The van der Waals surface area contributed by atoms with Crippen LogP contribution in [0, 0.1) is 0 Å². The Morgan fingerprint density at radius 3 is 2.38 bits per heavy atom. The molecule has 2 aromatic carbocycles. The summed E-state index contributed by atoms with van der Waals surface area (Å²) in [5.41, 5.74) is 1.31. The van der Waals surface area contributed by atoms with E-state index >= 15 is 0 Å². The van der Waals surface area contributed by atoms with E-state index in [1.54, 1.807) is 43.5 Å². The standard InChI is InChI=1S/C17H14ClN3O2S/c1-23-14-9-5-12(6-10-14)16(22)21-17(24-2)19-15(20-21)11-3-7-13(18)8-4-11/h3-10H,1-2H3. The molecular weight excluding hydrogens is 346 g/mol. The quantitative estimate of drug-likeness (QED) is 0.658. The number of rotatable bonds is 4. The van der Waals surface area contributed by atoms with Gasteiger partial charge in [0, 0.05) is 16.1 Å². The first kappa shape index (κ1) is 16.5. The molecule has 0 spiro atoms. The van der Waals surface area contributed by atoms with Crippen molar-refractivity contribution in [2.45, 2.75) is 5.16 Å². The van der Waals surface area contributed by atoms with Crippen LogP contribution in [0.1, 0.15) is 10.4 Å². The van der Waals surface area contributed by atoms with Crippen LogP contribution in [-0.4, -0.2) is 34.0 Å². The number of hydrogen-bond donors (Lipinski definition) is 0. The van der Waals surface area contributed by atoms with Crippen LogP contribution in [0.25, 0.3) is 11.4 Å². The van der Waals surface area contributed by atoms with E-state index < -0.39 is 0 Å². The van der Waals surface area contributed by atoms with Crippen LogP contribution in [-0.2, 0) is 0 Å². The minimum Gasteiger partial charge on any atom is -0.497 e. The van der Waals surface area contributed by atoms with Gasteiger partial charge in [-0.1, -0.05) is 23.4 Å². The maximum absolute atomic E-state index is 12.7. The molecule has 0 saturated carbocycles. The number of benzene rings is 2. The SMILES string of the molecule is COc1ccc(C(=O)n2nc(-c3ccc(Cl)cc3)nc2SC)cc1. The number of carbonyl (C=O) groups is 1. The molecule has 3 aromatic rings. The van der Waals surface area contributed by atoms with Crippen LogP contribution in [0.2, 0.25) is 5.02 Å². The fourth-order valence-electron chi connectivity index (χ4n) is 2.14. The molecule has 122 valence electrons. The third kappa shape index (κ3) is 3.29. The summed E-state index contributed by atoms with van der Waals surface area (Å²) in [4.78, 5) is 17.1. The van der Waals surface area contributed by atoms with E-state index in [0.29, 0.717) is 27.3 Å². The highest BCUT2D eigenvalue weighted by atomic mass is 35.5. The highest BCUT2D eigenvalue weighted by Crippen LogP contribution is 2.23. The summed E-state index contributed by atoms with van der Waals surface area (Å²) >= 11 is 7.27. The van der Waals surface area contributed by atoms with Gasteiger partial charge < -0.3 is 4.74 Å². The van der Waals surface area contributed by atoms with E-state index in [2.05, 4.69) is 10.1 Å². The highest BCUT2D eigenvalue weighted by molar-refractivity contribution is 7.98. The molecule has 0 saturated heterocycles. The fourth-order valence-corrected chi connectivity index (χ4v) is 2.74. The number of hydrogen-bond acceptors (Lipinski definition) is 5. The van der Waals surface area contributed by atoms with Crippen LogP contribution in [0.4, 0.5) is 0 Å². The second kappa shape index (κ2) is 7.07. The van der Waals surface area contributed by atoms with Crippen molar-refractivity contribution in [2.24, 2.45) is 0 Å². The Hall–Kier alpha value is -2.31. The number of halogens is 1. The van der Waals surface area contributed by atoms with Crippen molar-refractivity contribution in [3.8, 4) is 17.1 Å². The van der Waals surface area contributed by atoms with Crippen molar-refractivity contribution >= 4 is 29.3 Å². The summed E-state index contributed by atoms with van der Waals surface area (Å²) in [6, 6.07) is 14.1. The number of methoxy groups -OCH3 is 1. The van der Waals surface area contributed by atoms with Crippen LogP contribution in [0.3, 0.4) is 0 Å². The van der Waals surface area contributed by atoms with Crippen molar-refractivity contribution < 1.29 is 9.53 Å². The Morgan fingerprint density at radius 2 is 1.79 bits per heavy atom. The first-order valence-corrected chi connectivity index (χ1v) is 8.68. The van der Waals surface area contributed by atoms with Gasteiger partial charge in [0.1, 0.15) is 5.75 Å². The minimum absolute atomic E-state index is 0.241. The van der Waals surface area contributed by atoms with E-state index in [4.69, 9.17) is 16.3 Å². The van der Waals surface area contributed by atoms with Gasteiger partial charge in [0.15, 0.2) is 11.0 Å². The highest BCUT2D eigenvalue weighted by Gasteiger charge is 2.18. The largest absolute Gasteiger partial charge is 0.497 e. The average Bonchev–Trinajstić information content (AvgIpc) is 3.06. The maximum atomic E-state index is 12.7. The number of nitrogens with zero attached hydrogens (tertiary/aromatic N) is 3. The Labute approximate surface area is 148 Å². The molecule has 1 aromatic heterocycles. The molecule has 0 bridgehead atoms. The molecule has 24 heavy (non-hydrogen) atoms. The molecular formula is C17H14ClN3O2S. The Balaban J connectivity index is 1.97. The van der Waals surface area contributed by atoms with Gasteiger partial charge in [-0.2, -0.15) is 4.68 Å². The molecule has 3 rings (SSSR count). The lowest BCUT2D eigenvalue weighted by molar-refractivity contribution is 0.0933. The first-order valence-electron chi connectivity index (χ1n) is 7.08. The second-order valence-corrected chi connectivity index (χ2v) is 6.08. The molecule has 0 unspecified atom stereocenters. The van der Waals surface area contributed by atoms with Crippen LogP contribution in [0.5, 0.6) is 5.75 Å². The second-order valence-electron chi connectivity index (χ2n) is 4.87. The van der Waals surface area contributed by atoms with Crippen molar-refractivity contribution in [1.29, 1.82) is 0 Å². The number of thioether (sulfide) groups is 1. The zero-order valence-corrected chi connectivity index (χ0v) is 14.6. The summed E-state index contributed by atoms with van der Waals surface area (Å²) < 4.78 is 6.43. The van der Waals surface area contributed by atoms with Crippen LogP contribution < -0.4 is 4.74 Å². The van der Waals surface area contributed by atoms with Gasteiger partial charge in [-0.3, -0.25) is 4.79 Å². The summed E-state index contributed by atoms with van der Waals surface area (Å²) in [6.45, 7) is 0. The Morgan fingerprint density at radius 1 is 1.12 bits per heavy atom. The first-order chi connectivity index (χ1) is 11.6. The van der Waals surface area contributed by atoms with Crippen molar-refractivity contribution in [3.63, 3.8) is 0 Å². The molecule has 0 fully saturated rings. The molecule has 0 N–H and O–H groups in total. The number of ether oxygens (including phenoxy) is 1. The fraction of sp³-hybridized carbons (Fsp3) is 0.118. The monoisotopic (exact) mass is 359 g/mol. The summed E-state index contributed by atoms with van der Waals surface area (Å²) in [6.07, 6.45) is 1.85. The smallest absolute Gasteiger partial charge is 0.280 e. The Kier molecular flexibility index (Phi) is 4.87. The number of carbonyl (C=O) groups excluding carboxylic acids is 1. The van der Waals surface area contributed by atoms with E-state index in [1.807, 2.05) is 18.4 Å². The zero-order chi connectivity index (χ0) is 17.1. The average molecular weight is 360 g/mol. The predicted molar refractivity (Wildman–Crippen MR) is 95.0 cm³/mol. The molecule has 0 aliphatic carbocycles. The van der Waals surface area contributed by atoms with E-state index in [1.165, 1.54) is 16.4 Å². The van der Waals surface area contributed by atoms with E-state index in [0.717, 1.165) is 5.56 Å². The zero-order valence-electron chi connectivity index (χ0n) is 13.1. The van der Waals surface area contributed by atoms with Gasteiger partial charge in [0.25, 0.3) is 5.91 Å². The third-order valence-electron chi connectivity index (χ3n) is 3.39. The number of aromatic nitrogens is 3. The van der Waals surface area contributed by atoms with Gasteiger partial charge in [0.05, 0.1) is 7.11 Å².